The van der Waals surface area contributed by atoms with Crippen LogP contribution in [-0.2, 0) is 6.54 Å². The predicted octanol–water partition coefficient (Wildman–Crippen LogP) is 2.86. The smallest absolute Gasteiger partial charge is 0.191 e. The van der Waals surface area contributed by atoms with Gasteiger partial charge in [-0.05, 0) is 56.3 Å². The van der Waals surface area contributed by atoms with Gasteiger partial charge in [0, 0.05) is 45.5 Å². The molecule has 156 valence electrons. The highest BCUT2D eigenvalue weighted by Crippen LogP contribution is 2.40. The van der Waals surface area contributed by atoms with Gasteiger partial charge in [0.25, 0.3) is 0 Å². The van der Waals surface area contributed by atoms with Crippen molar-refractivity contribution >= 4 is 11.8 Å². The van der Waals surface area contributed by atoms with Crippen molar-refractivity contribution in [1.82, 2.24) is 20.5 Å². The summed E-state index contributed by atoms with van der Waals surface area (Å²) in [7, 11) is 2.18. The zero-order chi connectivity index (χ0) is 19.8. The molecule has 1 aromatic heterocycles. The lowest BCUT2D eigenvalue weighted by Gasteiger charge is -2.33. The van der Waals surface area contributed by atoms with Crippen molar-refractivity contribution in [2.24, 2.45) is 10.4 Å². The molecule has 0 radical (unpaired) electrons. The van der Waals surface area contributed by atoms with Gasteiger partial charge in [-0.1, -0.05) is 19.8 Å². The summed E-state index contributed by atoms with van der Waals surface area (Å²) in [4.78, 5) is 14.2. The van der Waals surface area contributed by atoms with Gasteiger partial charge < -0.3 is 20.4 Å². The van der Waals surface area contributed by atoms with E-state index in [-0.39, 0.29) is 0 Å². The van der Waals surface area contributed by atoms with E-state index in [1.807, 2.05) is 6.20 Å². The topological polar surface area (TPSA) is 55.8 Å². The predicted molar refractivity (Wildman–Crippen MR) is 118 cm³/mol. The van der Waals surface area contributed by atoms with Gasteiger partial charge in [-0.25, -0.2) is 9.98 Å². The molecule has 1 aliphatic carbocycles. The summed E-state index contributed by atoms with van der Waals surface area (Å²) in [6, 6.07) is 4.28. The van der Waals surface area contributed by atoms with E-state index in [0.717, 1.165) is 51.0 Å². The first-order valence-corrected chi connectivity index (χ1v) is 11.0. The van der Waals surface area contributed by atoms with Crippen molar-refractivity contribution in [1.29, 1.82) is 0 Å². The fraction of sp³-hybridized carbons (Fsp3) is 0.727. The van der Waals surface area contributed by atoms with Crippen LogP contribution >= 0.6 is 0 Å². The number of hydrogen-bond acceptors (Lipinski definition) is 4. The maximum absolute atomic E-state index is 4.85. The Morgan fingerprint density at radius 3 is 2.57 bits per heavy atom. The molecular weight excluding hydrogens is 348 g/mol. The second-order valence-corrected chi connectivity index (χ2v) is 8.42. The Balaban J connectivity index is 1.60. The summed E-state index contributed by atoms with van der Waals surface area (Å²) >= 11 is 0. The van der Waals surface area contributed by atoms with Gasteiger partial charge in [-0.2, -0.15) is 0 Å². The fourth-order valence-electron chi connectivity index (χ4n) is 4.33. The molecule has 6 heteroatoms. The number of aliphatic imine (C=N–C) groups is 1. The van der Waals surface area contributed by atoms with Crippen LogP contribution in [0.25, 0.3) is 0 Å². The summed E-state index contributed by atoms with van der Waals surface area (Å²) in [6.45, 7) is 11.3. The van der Waals surface area contributed by atoms with Crippen molar-refractivity contribution in [3.05, 3.63) is 23.9 Å². The molecule has 0 atom stereocenters. The molecule has 0 bridgehead atoms. The number of hydrogen-bond donors (Lipinski definition) is 2. The van der Waals surface area contributed by atoms with E-state index in [2.05, 4.69) is 58.4 Å². The van der Waals surface area contributed by atoms with Crippen LogP contribution in [0.3, 0.4) is 0 Å². The molecule has 2 fully saturated rings. The zero-order valence-electron chi connectivity index (χ0n) is 18.0. The molecule has 0 unspecified atom stereocenters. The number of pyridine rings is 1. The lowest BCUT2D eigenvalue weighted by molar-refractivity contribution is 0.283. The van der Waals surface area contributed by atoms with E-state index in [1.165, 1.54) is 37.7 Å². The van der Waals surface area contributed by atoms with Gasteiger partial charge in [-0.15, -0.1) is 0 Å². The van der Waals surface area contributed by atoms with Crippen molar-refractivity contribution in [2.45, 2.75) is 52.5 Å². The van der Waals surface area contributed by atoms with Crippen LogP contribution in [0.5, 0.6) is 0 Å². The Kier molecular flexibility index (Phi) is 7.54. The number of guanidine groups is 1. The van der Waals surface area contributed by atoms with Gasteiger partial charge in [0.1, 0.15) is 5.82 Å². The lowest BCUT2D eigenvalue weighted by atomic mass is 9.83. The van der Waals surface area contributed by atoms with Crippen molar-refractivity contribution in [2.75, 3.05) is 51.2 Å². The summed E-state index contributed by atoms with van der Waals surface area (Å²) < 4.78 is 0. The van der Waals surface area contributed by atoms with Crippen LogP contribution < -0.4 is 15.5 Å². The van der Waals surface area contributed by atoms with E-state index in [1.54, 1.807) is 0 Å². The lowest BCUT2D eigenvalue weighted by Crippen LogP contribution is -2.44. The standard InChI is InChI=1S/C22H38N6/c1-4-22(9-6-7-10-22)18-26-21(23-5-2)25-17-19-8-11-24-20(16-19)28-14-12-27(3)13-15-28/h8,11,16H,4-7,9-10,12-15,17-18H2,1-3H3,(H2,23,25,26). The summed E-state index contributed by atoms with van der Waals surface area (Å²) in [6.07, 6.45) is 8.59. The first kappa shape index (κ1) is 20.9. The Morgan fingerprint density at radius 1 is 1.14 bits per heavy atom. The summed E-state index contributed by atoms with van der Waals surface area (Å²) in [5.41, 5.74) is 1.67. The molecule has 0 spiro atoms. The number of rotatable bonds is 7. The third kappa shape index (κ3) is 5.60. The second kappa shape index (κ2) is 10.1. The van der Waals surface area contributed by atoms with Gasteiger partial charge in [0.15, 0.2) is 5.96 Å². The Morgan fingerprint density at radius 2 is 1.89 bits per heavy atom. The number of aromatic nitrogens is 1. The molecule has 0 amide bonds. The molecule has 1 saturated carbocycles. The Bertz CT molecular complexity index is 630. The molecule has 1 aliphatic heterocycles. The van der Waals surface area contributed by atoms with Gasteiger partial charge in [0.05, 0.1) is 6.54 Å². The normalized spacial score (nSPS) is 20.4. The van der Waals surface area contributed by atoms with E-state index in [4.69, 9.17) is 4.99 Å². The van der Waals surface area contributed by atoms with Gasteiger partial charge in [-0.3, -0.25) is 0 Å². The molecule has 0 aromatic carbocycles. The SMILES string of the molecule is CCNC(=NCc1ccnc(N2CCN(C)CC2)c1)NCC1(CC)CCCC1. The molecular formula is C22H38N6. The van der Waals surface area contributed by atoms with Crippen LogP contribution in [0.15, 0.2) is 23.3 Å². The molecule has 1 aromatic rings. The van der Waals surface area contributed by atoms with Crippen LogP contribution in [-0.4, -0.2) is 62.2 Å². The minimum Gasteiger partial charge on any atom is -0.357 e. The molecule has 6 nitrogen and oxygen atoms in total. The molecule has 2 heterocycles. The second-order valence-electron chi connectivity index (χ2n) is 8.42. The van der Waals surface area contributed by atoms with Crippen molar-refractivity contribution < 1.29 is 0 Å². The van der Waals surface area contributed by atoms with Gasteiger partial charge >= 0.3 is 0 Å². The summed E-state index contributed by atoms with van der Waals surface area (Å²) in [5, 5.41) is 7.02. The van der Waals surface area contributed by atoms with Crippen molar-refractivity contribution in [3.8, 4) is 0 Å². The first-order valence-electron chi connectivity index (χ1n) is 11.0. The highest BCUT2D eigenvalue weighted by Gasteiger charge is 2.31. The quantitative estimate of drug-likeness (QED) is 0.557. The van der Waals surface area contributed by atoms with Crippen LogP contribution in [0.2, 0.25) is 0 Å². The molecule has 2 N–H and O–H groups in total. The summed E-state index contributed by atoms with van der Waals surface area (Å²) in [5.74, 6) is 2.01. The molecule has 3 rings (SSSR count). The van der Waals surface area contributed by atoms with E-state index in [9.17, 15) is 0 Å². The van der Waals surface area contributed by atoms with E-state index < -0.39 is 0 Å². The highest BCUT2D eigenvalue weighted by atomic mass is 15.3. The maximum atomic E-state index is 4.85. The average Bonchev–Trinajstić information content (AvgIpc) is 3.20. The molecule has 28 heavy (non-hydrogen) atoms. The highest BCUT2D eigenvalue weighted by molar-refractivity contribution is 5.79. The van der Waals surface area contributed by atoms with Crippen LogP contribution in [0, 0.1) is 5.41 Å². The van der Waals surface area contributed by atoms with Crippen LogP contribution in [0.4, 0.5) is 5.82 Å². The van der Waals surface area contributed by atoms with E-state index >= 15 is 0 Å². The van der Waals surface area contributed by atoms with E-state index in [0.29, 0.717) is 12.0 Å². The largest absolute Gasteiger partial charge is 0.357 e. The van der Waals surface area contributed by atoms with Crippen molar-refractivity contribution in [3.63, 3.8) is 0 Å². The fourth-order valence-corrected chi connectivity index (χ4v) is 4.33. The van der Waals surface area contributed by atoms with Crippen LogP contribution in [0.1, 0.15) is 51.5 Å². The monoisotopic (exact) mass is 386 g/mol. The third-order valence-corrected chi connectivity index (χ3v) is 6.45. The Labute approximate surface area is 170 Å². The third-order valence-electron chi connectivity index (χ3n) is 6.45. The van der Waals surface area contributed by atoms with Gasteiger partial charge in [0.2, 0.25) is 0 Å². The maximum Gasteiger partial charge on any atom is 0.191 e. The minimum absolute atomic E-state index is 0.460. The number of piperazine rings is 1. The number of nitrogens with one attached hydrogen (secondary N) is 2. The number of anilines is 1. The molecule has 1 saturated heterocycles. The Hall–Kier alpha value is -1.82. The molecule has 2 aliphatic rings. The number of likely N-dealkylation sites (N-methyl/N-ethyl adjacent to an activating group) is 1. The average molecular weight is 387 g/mol. The number of nitrogens with zero attached hydrogens (tertiary/aromatic N) is 4. The first-order chi connectivity index (χ1) is 13.6. The zero-order valence-corrected chi connectivity index (χ0v) is 18.0. The minimum atomic E-state index is 0.460.